The Hall–Kier alpha value is -0.380. The third kappa shape index (κ3) is 2.63. The Bertz CT molecular complexity index is 339. The van der Waals surface area contributed by atoms with Gasteiger partial charge in [-0.05, 0) is 37.4 Å². The SMILES string of the molecule is CCN(CC)C1(C(O)Cc2cccs2)CCCC1. The fraction of sp³-hybridized carbons (Fsp3) is 0.733. The molecule has 0 amide bonds. The molecule has 1 N–H and O–H groups in total. The Morgan fingerprint density at radius 1 is 1.33 bits per heavy atom. The second-order valence-corrected chi connectivity index (χ2v) is 6.31. The van der Waals surface area contributed by atoms with Gasteiger partial charge in [0.1, 0.15) is 0 Å². The number of aliphatic hydroxyl groups is 1. The topological polar surface area (TPSA) is 23.5 Å². The van der Waals surface area contributed by atoms with Crippen LogP contribution < -0.4 is 0 Å². The molecule has 0 saturated heterocycles. The van der Waals surface area contributed by atoms with E-state index in [0.717, 1.165) is 32.4 Å². The smallest absolute Gasteiger partial charge is 0.0771 e. The fourth-order valence-electron chi connectivity index (χ4n) is 3.51. The number of likely N-dealkylation sites (N-methyl/N-ethyl adjacent to an activating group) is 1. The van der Waals surface area contributed by atoms with Gasteiger partial charge in [-0.25, -0.2) is 0 Å². The summed E-state index contributed by atoms with van der Waals surface area (Å²) in [5.74, 6) is 0. The first kappa shape index (κ1) is 14.0. The molecule has 1 aromatic rings. The predicted molar refractivity (Wildman–Crippen MR) is 78.1 cm³/mol. The number of hydrogen-bond donors (Lipinski definition) is 1. The van der Waals surface area contributed by atoms with Crippen LogP contribution in [0.1, 0.15) is 44.4 Å². The highest BCUT2D eigenvalue weighted by atomic mass is 32.1. The van der Waals surface area contributed by atoms with Crippen LogP contribution in [0.25, 0.3) is 0 Å². The van der Waals surface area contributed by atoms with Gasteiger partial charge in [-0.3, -0.25) is 4.90 Å². The zero-order valence-electron chi connectivity index (χ0n) is 11.6. The second kappa shape index (κ2) is 6.18. The molecule has 3 heteroatoms. The molecule has 0 aliphatic heterocycles. The van der Waals surface area contributed by atoms with E-state index in [-0.39, 0.29) is 11.6 Å². The maximum Gasteiger partial charge on any atom is 0.0771 e. The standard InChI is InChI=1S/C15H25NOS/c1-3-16(4-2)15(9-5-6-10-15)14(17)12-13-8-7-11-18-13/h7-8,11,14,17H,3-6,9-10,12H2,1-2H3. The minimum atomic E-state index is -0.224. The molecule has 1 aromatic heterocycles. The molecule has 102 valence electrons. The molecule has 1 aliphatic rings. The number of nitrogens with zero attached hydrogens (tertiary/aromatic N) is 1. The molecular weight excluding hydrogens is 242 g/mol. The van der Waals surface area contributed by atoms with Crippen molar-refractivity contribution < 1.29 is 5.11 Å². The summed E-state index contributed by atoms with van der Waals surface area (Å²) in [4.78, 5) is 3.79. The molecule has 1 unspecified atom stereocenters. The minimum Gasteiger partial charge on any atom is -0.391 e. The summed E-state index contributed by atoms with van der Waals surface area (Å²) in [6.07, 6.45) is 5.42. The molecule has 1 saturated carbocycles. The molecule has 0 radical (unpaired) electrons. The normalized spacial score (nSPS) is 20.4. The predicted octanol–water partition coefficient (Wildman–Crippen LogP) is 3.31. The van der Waals surface area contributed by atoms with E-state index in [2.05, 4.69) is 36.3 Å². The molecule has 2 rings (SSSR count). The van der Waals surface area contributed by atoms with Crippen LogP contribution in [0.2, 0.25) is 0 Å². The summed E-state index contributed by atoms with van der Waals surface area (Å²) < 4.78 is 0. The van der Waals surface area contributed by atoms with Gasteiger partial charge in [0.15, 0.2) is 0 Å². The summed E-state index contributed by atoms with van der Waals surface area (Å²) >= 11 is 1.76. The molecule has 1 fully saturated rings. The van der Waals surface area contributed by atoms with Gasteiger partial charge in [-0.2, -0.15) is 0 Å². The molecule has 18 heavy (non-hydrogen) atoms. The van der Waals surface area contributed by atoms with Crippen LogP contribution in [-0.4, -0.2) is 34.7 Å². The zero-order valence-corrected chi connectivity index (χ0v) is 12.4. The van der Waals surface area contributed by atoms with Crippen molar-refractivity contribution in [3.05, 3.63) is 22.4 Å². The second-order valence-electron chi connectivity index (χ2n) is 5.28. The van der Waals surface area contributed by atoms with Crippen molar-refractivity contribution in [1.29, 1.82) is 0 Å². The van der Waals surface area contributed by atoms with E-state index >= 15 is 0 Å². The molecule has 1 aliphatic carbocycles. The lowest BCUT2D eigenvalue weighted by Gasteiger charge is -2.44. The van der Waals surface area contributed by atoms with Crippen LogP contribution in [-0.2, 0) is 6.42 Å². The Morgan fingerprint density at radius 3 is 2.50 bits per heavy atom. The van der Waals surface area contributed by atoms with Gasteiger partial charge in [-0.15, -0.1) is 11.3 Å². The van der Waals surface area contributed by atoms with Crippen molar-refractivity contribution in [1.82, 2.24) is 4.90 Å². The van der Waals surface area contributed by atoms with Gasteiger partial charge in [0.05, 0.1) is 6.10 Å². The molecule has 2 nitrogen and oxygen atoms in total. The highest BCUT2D eigenvalue weighted by molar-refractivity contribution is 7.09. The number of thiophene rings is 1. The van der Waals surface area contributed by atoms with Crippen LogP contribution in [0.3, 0.4) is 0 Å². The van der Waals surface area contributed by atoms with Gasteiger partial charge in [-0.1, -0.05) is 32.8 Å². The first-order chi connectivity index (χ1) is 8.73. The average Bonchev–Trinajstić information content (AvgIpc) is 3.02. The van der Waals surface area contributed by atoms with E-state index in [1.54, 1.807) is 11.3 Å². The Balaban J connectivity index is 2.13. The highest BCUT2D eigenvalue weighted by Crippen LogP contribution is 2.39. The van der Waals surface area contributed by atoms with Crippen molar-refractivity contribution >= 4 is 11.3 Å². The van der Waals surface area contributed by atoms with E-state index in [9.17, 15) is 5.11 Å². The van der Waals surface area contributed by atoms with Gasteiger partial charge in [0.2, 0.25) is 0 Å². The summed E-state index contributed by atoms with van der Waals surface area (Å²) in [6.45, 7) is 6.50. The van der Waals surface area contributed by atoms with Crippen LogP contribution in [0, 0.1) is 0 Å². The molecular formula is C15H25NOS. The zero-order chi connectivity index (χ0) is 13.0. The summed E-state index contributed by atoms with van der Waals surface area (Å²) in [5.41, 5.74) is 0.0352. The van der Waals surface area contributed by atoms with E-state index in [4.69, 9.17) is 0 Å². The van der Waals surface area contributed by atoms with Crippen LogP contribution in [0.15, 0.2) is 17.5 Å². The van der Waals surface area contributed by atoms with E-state index in [1.165, 1.54) is 17.7 Å². The molecule has 1 atom stereocenters. The third-order valence-electron chi connectivity index (χ3n) is 4.46. The van der Waals surface area contributed by atoms with Gasteiger partial charge < -0.3 is 5.11 Å². The van der Waals surface area contributed by atoms with Gasteiger partial charge in [0, 0.05) is 16.8 Å². The lowest BCUT2D eigenvalue weighted by molar-refractivity contribution is -0.0240. The van der Waals surface area contributed by atoms with E-state index in [1.807, 2.05) is 0 Å². The van der Waals surface area contributed by atoms with Crippen molar-refractivity contribution in [3.63, 3.8) is 0 Å². The highest BCUT2D eigenvalue weighted by Gasteiger charge is 2.44. The van der Waals surface area contributed by atoms with Crippen molar-refractivity contribution in [2.75, 3.05) is 13.1 Å². The Kier molecular flexibility index (Phi) is 4.82. The van der Waals surface area contributed by atoms with Gasteiger partial charge >= 0.3 is 0 Å². The monoisotopic (exact) mass is 267 g/mol. The van der Waals surface area contributed by atoms with Gasteiger partial charge in [0.25, 0.3) is 0 Å². The summed E-state index contributed by atoms with van der Waals surface area (Å²) in [6, 6.07) is 4.21. The first-order valence-electron chi connectivity index (χ1n) is 7.18. The largest absolute Gasteiger partial charge is 0.391 e. The maximum atomic E-state index is 10.8. The van der Waals surface area contributed by atoms with Crippen molar-refractivity contribution in [3.8, 4) is 0 Å². The van der Waals surface area contributed by atoms with Crippen LogP contribution in [0.4, 0.5) is 0 Å². The van der Waals surface area contributed by atoms with Crippen LogP contribution >= 0.6 is 11.3 Å². The molecule has 1 heterocycles. The molecule has 0 spiro atoms. The fourth-order valence-corrected chi connectivity index (χ4v) is 4.25. The number of rotatable bonds is 6. The van der Waals surface area contributed by atoms with Crippen molar-refractivity contribution in [2.24, 2.45) is 0 Å². The lowest BCUT2D eigenvalue weighted by atomic mass is 9.86. The average molecular weight is 267 g/mol. The third-order valence-corrected chi connectivity index (χ3v) is 5.36. The Labute approximate surface area is 115 Å². The van der Waals surface area contributed by atoms with Crippen molar-refractivity contribution in [2.45, 2.75) is 57.6 Å². The lowest BCUT2D eigenvalue weighted by Crippen LogP contribution is -2.55. The number of aliphatic hydroxyl groups excluding tert-OH is 1. The summed E-state index contributed by atoms with van der Waals surface area (Å²) in [7, 11) is 0. The first-order valence-corrected chi connectivity index (χ1v) is 8.06. The molecule has 0 bridgehead atoms. The number of hydrogen-bond acceptors (Lipinski definition) is 3. The quantitative estimate of drug-likeness (QED) is 0.855. The van der Waals surface area contributed by atoms with E-state index < -0.39 is 0 Å². The molecule has 0 aromatic carbocycles. The maximum absolute atomic E-state index is 10.8. The van der Waals surface area contributed by atoms with E-state index in [0.29, 0.717) is 0 Å². The Morgan fingerprint density at radius 2 is 2.00 bits per heavy atom. The van der Waals surface area contributed by atoms with Crippen LogP contribution in [0.5, 0.6) is 0 Å². The summed E-state index contributed by atoms with van der Waals surface area (Å²) in [5, 5.41) is 12.9. The minimum absolute atomic E-state index is 0.0352.